The Morgan fingerprint density at radius 3 is 2.58 bits per heavy atom. The van der Waals surface area contributed by atoms with Crippen LogP contribution >= 0.6 is 0 Å². The van der Waals surface area contributed by atoms with Gasteiger partial charge < -0.3 is 20.5 Å². The molecule has 1 aromatic carbocycles. The Morgan fingerprint density at radius 2 is 1.88 bits per heavy atom. The van der Waals surface area contributed by atoms with Crippen LogP contribution in [0.25, 0.3) is 11.1 Å². The first-order valence-electron chi connectivity index (χ1n) is 8.99. The first kappa shape index (κ1) is 18.2. The third-order valence-electron chi connectivity index (χ3n) is 4.83. The minimum atomic E-state index is -0.362. The highest BCUT2D eigenvalue weighted by atomic mass is 16.6. The van der Waals surface area contributed by atoms with Crippen LogP contribution in [0.1, 0.15) is 31.2 Å². The summed E-state index contributed by atoms with van der Waals surface area (Å²) < 4.78 is 5.31. The predicted molar refractivity (Wildman–Crippen MR) is 99.8 cm³/mol. The van der Waals surface area contributed by atoms with E-state index < -0.39 is 0 Å². The van der Waals surface area contributed by atoms with E-state index in [9.17, 15) is 9.90 Å². The fourth-order valence-electron chi connectivity index (χ4n) is 3.30. The van der Waals surface area contributed by atoms with E-state index in [-0.39, 0.29) is 12.2 Å². The fraction of sp³-hybridized carbons (Fsp3) is 0.400. The predicted octanol–water partition coefficient (Wildman–Crippen LogP) is 3.21. The van der Waals surface area contributed by atoms with Crippen molar-refractivity contribution in [2.75, 3.05) is 7.05 Å². The van der Waals surface area contributed by atoms with Crippen molar-refractivity contribution in [1.29, 1.82) is 0 Å². The number of rotatable bonds is 5. The summed E-state index contributed by atoms with van der Waals surface area (Å²) in [6.45, 7) is 0.608. The van der Waals surface area contributed by atoms with Crippen LogP contribution < -0.4 is 10.6 Å². The normalized spacial score (nSPS) is 19.7. The number of phenolic OH excluding ortho intramolecular Hbond substituents is 1. The van der Waals surface area contributed by atoms with Crippen LogP contribution in [0.15, 0.2) is 42.7 Å². The Hall–Kier alpha value is -2.60. The fourth-order valence-corrected chi connectivity index (χ4v) is 3.30. The molecule has 0 saturated heterocycles. The third-order valence-corrected chi connectivity index (χ3v) is 4.83. The zero-order valence-corrected chi connectivity index (χ0v) is 14.9. The lowest BCUT2D eigenvalue weighted by Gasteiger charge is -2.29. The van der Waals surface area contributed by atoms with E-state index in [1.54, 1.807) is 25.5 Å². The van der Waals surface area contributed by atoms with E-state index in [1.165, 1.54) is 0 Å². The molecule has 0 unspecified atom stereocenters. The second-order valence-electron chi connectivity index (χ2n) is 6.59. The van der Waals surface area contributed by atoms with Crippen LogP contribution in [-0.4, -0.2) is 35.4 Å². The Balaban J connectivity index is 1.55. The molecule has 1 aliphatic rings. The van der Waals surface area contributed by atoms with E-state index in [2.05, 4.69) is 15.6 Å². The number of alkyl carbamates (subject to hydrolysis) is 1. The van der Waals surface area contributed by atoms with Crippen molar-refractivity contribution in [3.05, 3.63) is 48.3 Å². The van der Waals surface area contributed by atoms with Gasteiger partial charge in [0, 0.05) is 37.6 Å². The van der Waals surface area contributed by atoms with Gasteiger partial charge in [-0.1, -0.05) is 6.07 Å². The highest BCUT2D eigenvalue weighted by Crippen LogP contribution is 2.27. The monoisotopic (exact) mass is 355 g/mol. The molecule has 1 amide bonds. The Bertz CT molecular complexity index is 728. The van der Waals surface area contributed by atoms with Gasteiger partial charge in [-0.05, 0) is 61.1 Å². The quantitative estimate of drug-likeness (QED) is 0.767. The molecule has 26 heavy (non-hydrogen) atoms. The largest absolute Gasteiger partial charge is 0.508 e. The van der Waals surface area contributed by atoms with Gasteiger partial charge in [-0.15, -0.1) is 0 Å². The smallest absolute Gasteiger partial charge is 0.407 e. The number of nitrogens with one attached hydrogen (secondary N) is 2. The molecule has 1 saturated carbocycles. The van der Waals surface area contributed by atoms with Crippen molar-refractivity contribution in [3.63, 3.8) is 0 Å². The number of pyridine rings is 1. The van der Waals surface area contributed by atoms with Gasteiger partial charge in [0.25, 0.3) is 0 Å². The van der Waals surface area contributed by atoms with E-state index in [1.807, 2.05) is 24.3 Å². The second kappa shape index (κ2) is 8.67. The summed E-state index contributed by atoms with van der Waals surface area (Å²) in [5.41, 5.74) is 3.01. The van der Waals surface area contributed by atoms with E-state index in [0.29, 0.717) is 18.3 Å². The number of aromatic nitrogens is 1. The molecule has 3 N–H and O–H groups in total. The van der Waals surface area contributed by atoms with Gasteiger partial charge in [-0.2, -0.15) is 0 Å². The van der Waals surface area contributed by atoms with Crippen LogP contribution in [-0.2, 0) is 11.3 Å². The molecule has 1 heterocycles. The maximum absolute atomic E-state index is 11.3. The number of benzene rings is 1. The molecule has 0 aliphatic heterocycles. The van der Waals surface area contributed by atoms with Gasteiger partial charge >= 0.3 is 6.09 Å². The average Bonchev–Trinajstić information content (AvgIpc) is 2.69. The highest BCUT2D eigenvalue weighted by Gasteiger charge is 2.23. The number of hydrogen-bond acceptors (Lipinski definition) is 5. The minimum Gasteiger partial charge on any atom is -0.508 e. The summed E-state index contributed by atoms with van der Waals surface area (Å²) in [4.78, 5) is 15.3. The molecule has 6 heteroatoms. The summed E-state index contributed by atoms with van der Waals surface area (Å²) in [7, 11) is 1.57. The van der Waals surface area contributed by atoms with Gasteiger partial charge in [0.05, 0.1) is 0 Å². The van der Waals surface area contributed by atoms with Crippen molar-refractivity contribution >= 4 is 6.09 Å². The molecule has 0 atom stereocenters. The number of aromatic hydroxyl groups is 1. The summed E-state index contributed by atoms with van der Waals surface area (Å²) in [5, 5.41) is 16.2. The van der Waals surface area contributed by atoms with Crippen LogP contribution in [0, 0.1) is 0 Å². The second-order valence-corrected chi connectivity index (χ2v) is 6.59. The number of ether oxygens (including phenoxy) is 1. The number of nitrogens with zero attached hydrogens (tertiary/aromatic N) is 1. The lowest BCUT2D eigenvalue weighted by atomic mass is 9.92. The molecule has 3 rings (SSSR count). The Kier molecular flexibility index (Phi) is 6.07. The number of amides is 1. The van der Waals surface area contributed by atoms with Crippen molar-refractivity contribution in [3.8, 4) is 16.9 Å². The van der Waals surface area contributed by atoms with Gasteiger partial charge in [0.1, 0.15) is 11.9 Å². The molecule has 0 radical (unpaired) electrons. The van der Waals surface area contributed by atoms with Gasteiger partial charge in [0.15, 0.2) is 0 Å². The number of carbonyl (C=O) groups excluding carboxylic acids is 1. The van der Waals surface area contributed by atoms with Crippen LogP contribution in [0.4, 0.5) is 4.79 Å². The SMILES string of the molecule is CNC(=O)OC1CCC(NCc2cc(-c3ccncc3)ccc2O)CC1. The number of phenols is 1. The number of carbonyl (C=O) groups is 1. The van der Waals surface area contributed by atoms with Crippen molar-refractivity contribution in [1.82, 2.24) is 15.6 Å². The summed E-state index contributed by atoms with van der Waals surface area (Å²) in [6, 6.07) is 9.94. The summed E-state index contributed by atoms with van der Waals surface area (Å²) in [5.74, 6) is 0.298. The minimum absolute atomic E-state index is 0.00331. The summed E-state index contributed by atoms with van der Waals surface area (Å²) >= 11 is 0. The van der Waals surface area contributed by atoms with Crippen LogP contribution in [0.3, 0.4) is 0 Å². The Labute approximate surface area is 153 Å². The van der Waals surface area contributed by atoms with Crippen LogP contribution in [0.5, 0.6) is 5.75 Å². The van der Waals surface area contributed by atoms with Gasteiger partial charge in [0.2, 0.25) is 0 Å². The average molecular weight is 355 g/mol. The number of hydrogen-bond donors (Lipinski definition) is 3. The summed E-state index contributed by atoms with van der Waals surface area (Å²) in [6.07, 6.45) is 6.77. The lowest BCUT2D eigenvalue weighted by molar-refractivity contribution is 0.0701. The van der Waals surface area contributed by atoms with Crippen molar-refractivity contribution < 1.29 is 14.6 Å². The zero-order valence-electron chi connectivity index (χ0n) is 14.9. The first-order valence-corrected chi connectivity index (χ1v) is 8.99. The third kappa shape index (κ3) is 4.73. The van der Waals surface area contributed by atoms with Gasteiger partial charge in [-0.3, -0.25) is 4.98 Å². The van der Waals surface area contributed by atoms with Gasteiger partial charge in [-0.25, -0.2) is 4.79 Å². The molecule has 0 bridgehead atoms. The zero-order chi connectivity index (χ0) is 18.4. The van der Waals surface area contributed by atoms with Crippen molar-refractivity contribution in [2.45, 2.75) is 44.4 Å². The lowest BCUT2D eigenvalue weighted by Crippen LogP contribution is -2.36. The molecular weight excluding hydrogens is 330 g/mol. The standard InChI is InChI=1S/C20H25N3O3/c1-21-20(25)26-18-5-3-17(4-6-18)23-13-16-12-15(2-7-19(16)24)14-8-10-22-11-9-14/h2,7-12,17-18,23-24H,3-6,13H2,1H3,(H,21,25). The molecular formula is C20H25N3O3. The molecule has 1 aromatic heterocycles. The van der Waals surface area contributed by atoms with Crippen LogP contribution in [0.2, 0.25) is 0 Å². The topological polar surface area (TPSA) is 83.5 Å². The maximum atomic E-state index is 11.3. The molecule has 0 spiro atoms. The van der Waals surface area contributed by atoms with E-state index >= 15 is 0 Å². The molecule has 1 aliphatic carbocycles. The first-order chi connectivity index (χ1) is 12.7. The molecule has 6 nitrogen and oxygen atoms in total. The molecule has 1 fully saturated rings. The molecule has 2 aromatic rings. The highest BCUT2D eigenvalue weighted by molar-refractivity contribution is 5.67. The van der Waals surface area contributed by atoms with E-state index in [4.69, 9.17) is 4.74 Å². The molecule has 138 valence electrons. The Morgan fingerprint density at radius 1 is 1.15 bits per heavy atom. The van der Waals surface area contributed by atoms with E-state index in [0.717, 1.165) is 42.4 Å². The maximum Gasteiger partial charge on any atom is 0.407 e. The van der Waals surface area contributed by atoms with Crippen molar-refractivity contribution in [2.24, 2.45) is 0 Å².